The monoisotopic (exact) mass is 295 g/mol. The van der Waals surface area contributed by atoms with Crippen LogP contribution in [0.2, 0.25) is 0 Å². The topological polar surface area (TPSA) is 53.1 Å². The molecule has 0 aliphatic carbocycles. The van der Waals surface area contributed by atoms with E-state index in [1.807, 2.05) is 18.3 Å². The second-order valence-corrected chi connectivity index (χ2v) is 5.42. The van der Waals surface area contributed by atoms with Gasteiger partial charge in [0, 0.05) is 36.0 Å². The van der Waals surface area contributed by atoms with Crippen LogP contribution in [0.5, 0.6) is 5.75 Å². The van der Waals surface area contributed by atoms with Crippen molar-refractivity contribution in [2.45, 2.75) is 19.4 Å². The molecule has 0 radical (unpaired) electrons. The average molecular weight is 295 g/mol. The number of hydrogen-bond acceptors (Lipinski definition) is 3. The number of fused-ring (bicyclic) bond motifs is 1. The third kappa shape index (κ3) is 2.97. The summed E-state index contributed by atoms with van der Waals surface area (Å²) in [5, 5.41) is 1.25. The summed E-state index contributed by atoms with van der Waals surface area (Å²) in [6.45, 7) is 1.53. The van der Waals surface area contributed by atoms with Gasteiger partial charge < -0.3 is 15.0 Å². The number of benzene rings is 1. The predicted molar refractivity (Wildman–Crippen MR) is 89.2 cm³/mol. The molecule has 3 aromatic rings. The lowest BCUT2D eigenvalue weighted by Gasteiger charge is -2.06. The van der Waals surface area contributed by atoms with Gasteiger partial charge in [0.2, 0.25) is 0 Å². The highest BCUT2D eigenvalue weighted by Crippen LogP contribution is 2.27. The van der Waals surface area contributed by atoms with Crippen LogP contribution in [0.15, 0.2) is 48.9 Å². The van der Waals surface area contributed by atoms with Crippen LogP contribution in [0.1, 0.15) is 17.5 Å². The maximum absolute atomic E-state index is 5.67. The van der Waals surface area contributed by atoms with Crippen molar-refractivity contribution in [1.29, 1.82) is 0 Å². The highest BCUT2D eigenvalue weighted by atomic mass is 16.5. The first-order chi connectivity index (χ1) is 10.8. The number of rotatable bonds is 6. The Morgan fingerprint density at radius 1 is 1.27 bits per heavy atom. The van der Waals surface area contributed by atoms with Crippen molar-refractivity contribution in [2.24, 2.45) is 5.73 Å². The lowest BCUT2D eigenvalue weighted by atomic mass is 10.1. The maximum Gasteiger partial charge on any atom is 0.119 e. The molecule has 4 heteroatoms. The number of aromatic nitrogens is 2. The van der Waals surface area contributed by atoms with Crippen LogP contribution in [0.3, 0.4) is 0 Å². The van der Waals surface area contributed by atoms with Gasteiger partial charge in [-0.3, -0.25) is 4.98 Å². The summed E-state index contributed by atoms with van der Waals surface area (Å²) in [5.41, 5.74) is 9.40. The van der Waals surface area contributed by atoms with E-state index in [0.717, 1.165) is 25.1 Å². The first-order valence-corrected chi connectivity index (χ1v) is 7.56. The lowest BCUT2D eigenvalue weighted by molar-refractivity contribution is 0.415. The summed E-state index contributed by atoms with van der Waals surface area (Å²) in [7, 11) is 1.70. The van der Waals surface area contributed by atoms with Gasteiger partial charge in [-0.1, -0.05) is 6.07 Å². The Bertz CT molecular complexity index is 750. The number of nitrogens with two attached hydrogens (primary N) is 1. The van der Waals surface area contributed by atoms with Crippen LogP contribution in [0.25, 0.3) is 10.9 Å². The van der Waals surface area contributed by atoms with Crippen LogP contribution >= 0.6 is 0 Å². The molecule has 0 aliphatic rings. The van der Waals surface area contributed by atoms with Crippen LogP contribution in [0.4, 0.5) is 0 Å². The Morgan fingerprint density at radius 2 is 2.18 bits per heavy atom. The number of aryl methyl sites for hydroxylation is 1. The van der Waals surface area contributed by atoms with Gasteiger partial charge in [0.15, 0.2) is 0 Å². The summed E-state index contributed by atoms with van der Waals surface area (Å²) in [6.07, 6.45) is 7.92. The van der Waals surface area contributed by atoms with Crippen LogP contribution in [-0.2, 0) is 13.0 Å². The second kappa shape index (κ2) is 6.62. The molecule has 0 fully saturated rings. The summed E-state index contributed by atoms with van der Waals surface area (Å²) in [5.74, 6) is 0.889. The van der Waals surface area contributed by atoms with E-state index in [4.69, 9.17) is 10.5 Å². The summed E-state index contributed by atoms with van der Waals surface area (Å²) in [4.78, 5) is 4.19. The van der Waals surface area contributed by atoms with E-state index in [0.29, 0.717) is 6.54 Å². The molecule has 1 aromatic carbocycles. The summed E-state index contributed by atoms with van der Waals surface area (Å²) >= 11 is 0. The molecule has 0 bridgehead atoms. The summed E-state index contributed by atoms with van der Waals surface area (Å²) < 4.78 is 7.64. The molecule has 2 aromatic heterocycles. The quantitative estimate of drug-likeness (QED) is 0.760. The van der Waals surface area contributed by atoms with Crippen molar-refractivity contribution in [3.8, 4) is 5.75 Å². The molecule has 0 atom stereocenters. The molecular weight excluding hydrogens is 274 g/mol. The highest BCUT2D eigenvalue weighted by molar-refractivity contribution is 5.85. The molecule has 0 spiro atoms. The fraction of sp³-hybridized carbons (Fsp3) is 0.278. The Kier molecular flexibility index (Phi) is 4.39. The Morgan fingerprint density at radius 3 is 2.91 bits per heavy atom. The fourth-order valence-electron chi connectivity index (χ4n) is 2.79. The van der Waals surface area contributed by atoms with Crippen molar-refractivity contribution < 1.29 is 4.74 Å². The zero-order valence-corrected chi connectivity index (χ0v) is 12.8. The van der Waals surface area contributed by atoms with Crippen molar-refractivity contribution in [3.63, 3.8) is 0 Å². The molecule has 0 amide bonds. The molecule has 0 saturated carbocycles. The van der Waals surface area contributed by atoms with E-state index in [9.17, 15) is 0 Å². The standard InChI is InChI=1S/C18H21N3O/c1-22-16-6-7-18-17(10-16)15(5-2-8-19)13-21(18)12-14-4-3-9-20-11-14/h3-4,6-7,9-11,13H,2,5,8,12,19H2,1H3. The number of ether oxygens (including phenoxy) is 1. The molecule has 2 N–H and O–H groups in total. The maximum atomic E-state index is 5.67. The van der Waals surface area contributed by atoms with Gasteiger partial charge in [0.05, 0.1) is 7.11 Å². The Labute approximate surface area is 130 Å². The third-order valence-corrected chi connectivity index (χ3v) is 3.90. The number of methoxy groups -OCH3 is 1. The van der Waals surface area contributed by atoms with E-state index in [1.54, 1.807) is 13.3 Å². The molecule has 22 heavy (non-hydrogen) atoms. The Balaban J connectivity index is 2.02. The Hall–Kier alpha value is -2.33. The van der Waals surface area contributed by atoms with Gasteiger partial charge in [-0.15, -0.1) is 0 Å². The molecule has 4 nitrogen and oxygen atoms in total. The van der Waals surface area contributed by atoms with Crippen molar-refractivity contribution >= 4 is 10.9 Å². The molecule has 114 valence electrons. The minimum Gasteiger partial charge on any atom is -0.497 e. The minimum absolute atomic E-state index is 0.708. The third-order valence-electron chi connectivity index (χ3n) is 3.90. The van der Waals surface area contributed by atoms with Gasteiger partial charge >= 0.3 is 0 Å². The molecule has 2 heterocycles. The fourth-order valence-corrected chi connectivity index (χ4v) is 2.79. The van der Waals surface area contributed by atoms with Gasteiger partial charge in [-0.25, -0.2) is 0 Å². The van der Waals surface area contributed by atoms with E-state index in [1.165, 1.54) is 22.0 Å². The number of hydrogen-bond donors (Lipinski definition) is 1. The van der Waals surface area contributed by atoms with Crippen molar-refractivity contribution in [3.05, 3.63) is 60.0 Å². The van der Waals surface area contributed by atoms with Crippen molar-refractivity contribution in [1.82, 2.24) is 9.55 Å². The van der Waals surface area contributed by atoms with E-state index < -0.39 is 0 Å². The lowest BCUT2D eigenvalue weighted by Crippen LogP contribution is -2.00. The molecule has 0 aliphatic heterocycles. The highest BCUT2D eigenvalue weighted by Gasteiger charge is 2.10. The number of pyridine rings is 1. The largest absolute Gasteiger partial charge is 0.497 e. The van der Waals surface area contributed by atoms with Gasteiger partial charge in [-0.05, 0) is 54.8 Å². The van der Waals surface area contributed by atoms with Gasteiger partial charge in [-0.2, -0.15) is 0 Å². The van der Waals surface area contributed by atoms with Crippen LogP contribution < -0.4 is 10.5 Å². The molecule has 0 saturated heterocycles. The van der Waals surface area contributed by atoms with E-state index >= 15 is 0 Å². The summed E-state index contributed by atoms with van der Waals surface area (Å²) in [6, 6.07) is 10.3. The smallest absolute Gasteiger partial charge is 0.119 e. The van der Waals surface area contributed by atoms with Gasteiger partial charge in [0.1, 0.15) is 5.75 Å². The van der Waals surface area contributed by atoms with Crippen molar-refractivity contribution in [2.75, 3.05) is 13.7 Å². The van der Waals surface area contributed by atoms with Gasteiger partial charge in [0.25, 0.3) is 0 Å². The SMILES string of the molecule is COc1ccc2c(c1)c(CCCN)cn2Cc1cccnc1. The average Bonchev–Trinajstić information content (AvgIpc) is 2.91. The van der Waals surface area contributed by atoms with E-state index in [-0.39, 0.29) is 0 Å². The normalized spacial score (nSPS) is 11.0. The zero-order valence-electron chi connectivity index (χ0n) is 12.8. The molecule has 0 unspecified atom stereocenters. The zero-order chi connectivity index (χ0) is 15.4. The first-order valence-electron chi connectivity index (χ1n) is 7.56. The van der Waals surface area contributed by atoms with Crippen LogP contribution in [-0.4, -0.2) is 23.2 Å². The number of nitrogens with zero attached hydrogens (tertiary/aromatic N) is 2. The predicted octanol–water partition coefficient (Wildman–Crippen LogP) is 2.98. The van der Waals surface area contributed by atoms with E-state index in [2.05, 4.69) is 33.9 Å². The molecular formula is C18H21N3O. The minimum atomic E-state index is 0.708. The second-order valence-electron chi connectivity index (χ2n) is 5.42. The first kappa shape index (κ1) is 14.6. The molecule has 3 rings (SSSR count). The van der Waals surface area contributed by atoms with Crippen LogP contribution in [0, 0.1) is 0 Å².